The van der Waals surface area contributed by atoms with Crippen LogP contribution in [0.25, 0.3) is 11.1 Å². The molecule has 1 aliphatic heterocycles. The molecule has 0 unspecified atom stereocenters. The number of carbonyl (C=O) groups excluding carboxylic acids is 1. The number of nitrogens with one attached hydrogen (secondary N) is 2. The van der Waals surface area contributed by atoms with Gasteiger partial charge in [0.1, 0.15) is 6.61 Å². The molecule has 202 valence electrons. The average molecular weight is 617 g/mol. The van der Waals surface area contributed by atoms with E-state index in [1.807, 2.05) is 71.7 Å². The molecule has 3 heterocycles. The van der Waals surface area contributed by atoms with E-state index >= 15 is 0 Å². The smallest absolute Gasteiger partial charge is 0.257 e. The second-order valence-corrected chi connectivity index (χ2v) is 11.0. The molecular weight excluding hydrogens is 590 g/mol. The number of aryl methyl sites for hydroxylation is 3. The minimum atomic E-state index is -0.153. The highest BCUT2D eigenvalue weighted by molar-refractivity contribution is 9.10. The molecule has 8 nitrogen and oxygen atoms in total. The number of benzene rings is 3. The first kappa shape index (κ1) is 26.1. The maximum atomic E-state index is 13.2. The first-order valence-electron chi connectivity index (χ1n) is 12.7. The van der Waals surface area contributed by atoms with Crippen molar-refractivity contribution in [1.82, 2.24) is 14.8 Å². The molecular formula is C30H26BrN5O3S. The van der Waals surface area contributed by atoms with Gasteiger partial charge in [-0.05, 0) is 82.4 Å². The van der Waals surface area contributed by atoms with E-state index < -0.39 is 0 Å². The maximum absolute atomic E-state index is 13.2. The summed E-state index contributed by atoms with van der Waals surface area (Å²) in [5, 5.41) is 13.0. The monoisotopic (exact) mass is 615 g/mol. The van der Waals surface area contributed by atoms with Crippen LogP contribution in [0.5, 0.6) is 11.5 Å². The van der Waals surface area contributed by atoms with Crippen LogP contribution >= 0.6 is 27.3 Å². The molecule has 0 aliphatic carbocycles. The zero-order valence-corrected chi connectivity index (χ0v) is 24.3. The van der Waals surface area contributed by atoms with Gasteiger partial charge in [-0.2, -0.15) is 5.10 Å². The highest BCUT2D eigenvalue weighted by Crippen LogP contribution is 2.38. The second-order valence-electron chi connectivity index (χ2n) is 9.43. The van der Waals surface area contributed by atoms with Crippen LogP contribution in [-0.4, -0.2) is 27.8 Å². The molecule has 0 saturated carbocycles. The number of halogens is 1. The SMILES string of the molecule is COc1cc(-c2ccc3c(c2)Nc2ccc(CCn4cc(Br)c(C)n4)cc2NC3=O)ccc1OCc1cscn1. The maximum Gasteiger partial charge on any atom is 0.257 e. The van der Waals surface area contributed by atoms with Crippen LogP contribution in [0, 0.1) is 6.92 Å². The number of thiazole rings is 1. The molecule has 0 radical (unpaired) electrons. The fraction of sp³-hybridized carbons (Fsp3) is 0.167. The van der Waals surface area contributed by atoms with Crippen molar-refractivity contribution in [2.75, 3.05) is 17.7 Å². The Bertz CT molecular complexity index is 1680. The predicted molar refractivity (Wildman–Crippen MR) is 161 cm³/mol. The summed E-state index contributed by atoms with van der Waals surface area (Å²) in [6.07, 6.45) is 2.77. The lowest BCUT2D eigenvalue weighted by atomic mass is 10.0. The molecule has 2 aromatic heterocycles. The summed E-state index contributed by atoms with van der Waals surface area (Å²) < 4.78 is 14.5. The standard InChI is InChI=1S/C30H26BrN5O3S/c1-18-24(31)14-36(35-18)10-9-19-3-7-25-27(11-19)34-30(37)23-6-4-20(12-26(23)33-25)21-5-8-28(29(13-21)38-2)39-15-22-16-40-17-32-22/h3-8,11-14,16-17,33H,9-10,15H2,1-2H3,(H,34,37). The molecule has 3 aromatic carbocycles. The quantitative estimate of drug-likeness (QED) is 0.191. The minimum Gasteiger partial charge on any atom is -0.493 e. The lowest BCUT2D eigenvalue weighted by Crippen LogP contribution is -2.11. The summed E-state index contributed by atoms with van der Waals surface area (Å²) in [6, 6.07) is 17.7. The summed E-state index contributed by atoms with van der Waals surface area (Å²) in [7, 11) is 1.62. The minimum absolute atomic E-state index is 0.153. The third-order valence-electron chi connectivity index (χ3n) is 6.74. The number of hydrogen-bond acceptors (Lipinski definition) is 7. The van der Waals surface area contributed by atoms with Crippen molar-refractivity contribution < 1.29 is 14.3 Å². The Balaban J connectivity index is 1.22. The Morgan fingerprint density at radius 1 is 0.975 bits per heavy atom. The van der Waals surface area contributed by atoms with Crippen LogP contribution in [0.4, 0.5) is 17.1 Å². The number of carbonyl (C=O) groups is 1. The van der Waals surface area contributed by atoms with E-state index in [0.29, 0.717) is 23.7 Å². The van der Waals surface area contributed by atoms with Crippen LogP contribution in [0.3, 0.4) is 0 Å². The molecule has 2 N–H and O–H groups in total. The first-order chi connectivity index (χ1) is 19.5. The number of hydrogen-bond donors (Lipinski definition) is 2. The zero-order valence-electron chi connectivity index (χ0n) is 21.9. The van der Waals surface area contributed by atoms with Crippen LogP contribution in [-0.2, 0) is 19.6 Å². The van der Waals surface area contributed by atoms with Gasteiger partial charge in [0.25, 0.3) is 5.91 Å². The number of fused-ring (bicyclic) bond motifs is 2. The highest BCUT2D eigenvalue weighted by Gasteiger charge is 2.20. The Hall–Kier alpha value is -4.15. The van der Waals surface area contributed by atoms with E-state index in [9.17, 15) is 4.79 Å². The second kappa shape index (κ2) is 11.1. The average Bonchev–Trinajstić information content (AvgIpc) is 3.57. The Labute approximate surface area is 244 Å². The number of aromatic nitrogens is 3. The molecule has 0 bridgehead atoms. The summed E-state index contributed by atoms with van der Waals surface area (Å²) in [5.41, 5.74) is 9.54. The normalized spacial score (nSPS) is 12.1. The van der Waals surface area contributed by atoms with Gasteiger partial charge in [-0.3, -0.25) is 9.48 Å². The van der Waals surface area contributed by atoms with Crippen molar-refractivity contribution in [2.45, 2.75) is 26.5 Å². The lowest BCUT2D eigenvalue weighted by molar-refractivity contribution is 0.102. The van der Waals surface area contributed by atoms with E-state index in [-0.39, 0.29) is 5.91 Å². The van der Waals surface area contributed by atoms with E-state index in [0.717, 1.165) is 62.6 Å². The van der Waals surface area contributed by atoms with Gasteiger partial charge < -0.3 is 20.1 Å². The van der Waals surface area contributed by atoms with Gasteiger partial charge in [-0.25, -0.2) is 4.98 Å². The Morgan fingerprint density at radius 2 is 1.82 bits per heavy atom. The van der Waals surface area contributed by atoms with Crippen molar-refractivity contribution >= 4 is 50.2 Å². The van der Waals surface area contributed by atoms with Crippen LogP contribution < -0.4 is 20.1 Å². The van der Waals surface area contributed by atoms with Gasteiger partial charge in [0, 0.05) is 18.1 Å². The van der Waals surface area contributed by atoms with E-state index in [4.69, 9.17) is 9.47 Å². The van der Waals surface area contributed by atoms with Crippen molar-refractivity contribution in [1.29, 1.82) is 0 Å². The topological polar surface area (TPSA) is 90.3 Å². The number of amides is 1. The predicted octanol–water partition coefficient (Wildman–Crippen LogP) is 7.22. The van der Waals surface area contributed by atoms with E-state index in [1.54, 1.807) is 12.6 Å². The highest BCUT2D eigenvalue weighted by atomic mass is 79.9. The van der Waals surface area contributed by atoms with Gasteiger partial charge in [0.2, 0.25) is 0 Å². The largest absolute Gasteiger partial charge is 0.493 e. The number of ether oxygens (including phenoxy) is 2. The van der Waals surface area contributed by atoms with Crippen LogP contribution in [0.1, 0.15) is 27.3 Å². The molecule has 40 heavy (non-hydrogen) atoms. The molecule has 5 aromatic rings. The summed E-state index contributed by atoms with van der Waals surface area (Å²) in [6.45, 7) is 3.09. The van der Waals surface area contributed by atoms with Crippen LogP contribution in [0.2, 0.25) is 0 Å². The van der Waals surface area contributed by atoms with Gasteiger partial charge in [0.05, 0.1) is 51.1 Å². The summed E-state index contributed by atoms with van der Waals surface area (Å²) in [5.74, 6) is 1.12. The fourth-order valence-corrected chi connectivity index (χ4v) is 5.46. The molecule has 1 aliphatic rings. The van der Waals surface area contributed by atoms with Crippen molar-refractivity contribution in [3.8, 4) is 22.6 Å². The Kier molecular flexibility index (Phi) is 7.27. The number of rotatable bonds is 8. The Morgan fingerprint density at radius 3 is 2.60 bits per heavy atom. The summed E-state index contributed by atoms with van der Waals surface area (Å²) in [4.78, 5) is 17.4. The third kappa shape index (κ3) is 5.45. The van der Waals surface area contributed by atoms with Gasteiger partial charge in [0.15, 0.2) is 11.5 Å². The number of methoxy groups -OCH3 is 1. The molecule has 6 rings (SSSR count). The van der Waals surface area contributed by atoms with Crippen LogP contribution in [0.15, 0.2) is 76.2 Å². The summed E-state index contributed by atoms with van der Waals surface area (Å²) >= 11 is 5.05. The van der Waals surface area contributed by atoms with Gasteiger partial charge >= 0.3 is 0 Å². The third-order valence-corrected chi connectivity index (χ3v) is 8.15. The van der Waals surface area contributed by atoms with E-state index in [2.05, 4.69) is 42.7 Å². The number of anilines is 3. The molecule has 10 heteroatoms. The fourth-order valence-electron chi connectivity index (χ4n) is 4.60. The van der Waals surface area contributed by atoms with Crippen molar-refractivity contribution in [2.24, 2.45) is 0 Å². The molecule has 0 saturated heterocycles. The molecule has 0 spiro atoms. The zero-order chi connectivity index (χ0) is 27.6. The first-order valence-corrected chi connectivity index (χ1v) is 14.4. The molecule has 1 amide bonds. The van der Waals surface area contributed by atoms with Gasteiger partial charge in [-0.15, -0.1) is 11.3 Å². The van der Waals surface area contributed by atoms with E-state index in [1.165, 1.54) is 11.3 Å². The van der Waals surface area contributed by atoms with Gasteiger partial charge in [-0.1, -0.05) is 18.2 Å². The molecule has 0 atom stereocenters. The van der Waals surface area contributed by atoms with Crippen molar-refractivity contribution in [3.05, 3.63) is 98.7 Å². The van der Waals surface area contributed by atoms with Crippen molar-refractivity contribution in [3.63, 3.8) is 0 Å². The lowest BCUT2D eigenvalue weighted by Gasteiger charge is -2.14. The number of nitrogens with zero attached hydrogens (tertiary/aromatic N) is 3. The molecule has 0 fully saturated rings.